The van der Waals surface area contributed by atoms with E-state index in [9.17, 15) is 9.59 Å². The molecule has 0 aromatic rings. The molecule has 7 heteroatoms. The number of hydrogen-bond donors (Lipinski definition) is 3. The summed E-state index contributed by atoms with van der Waals surface area (Å²) in [6.45, 7) is 3.41. The number of hydrazine groups is 1. The Labute approximate surface area is 112 Å². The van der Waals surface area contributed by atoms with Gasteiger partial charge in [0.2, 0.25) is 0 Å². The SMILES string of the molecule is CN1CCN(NC(=O)NC(CC(=O)O)C2CC2)CC1. The second-order valence-corrected chi connectivity index (χ2v) is 5.42. The third-order valence-corrected chi connectivity index (χ3v) is 3.67. The molecule has 3 N–H and O–H groups in total. The van der Waals surface area contributed by atoms with Gasteiger partial charge in [-0.3, -0.25) is 10.2 Å². The zero-order chi connectivity index (χ0) is 13.8. The standard InChI is InChI=1S/C12H22N4O3/c1-15-4-6-16(7-5-15)14-12(19)13-10(8-11(17)18)9-2-3-9/h9-10H,2-8H2,1H3,(H,17,18)(H2,13,14,19). The lowest BCUT2D eigenvalue weighted by molar-refractivity contribution is -0.137. The van der Waals surface area contributed by atoms with Gasteiger partial charge in [-0.2, -0.15) is 0 Å². The van der Waals surface area contributed by atoms with E-state index in [1.54, 1.807) is 0 Å². The van der Waals surface area contributed by atoms with Gasteiger partial charge in [0, 0.05) is 32.2 Å². The molecule has 0 aromatic carbocycles. The molecule has 0 bridgehead atoms. The number of hydrogen-bond acceptors (Lipinski definition) is 4. The monoisotopic (exact) mass is 270 g/mol. The van der Waals surface area contributed by atoms with Gasteiger partial charge in [-0.15, -0.1) is 0 Å². The van der Waals surface area contributed by atoms with Gasteiger partial charge in [0.1, 0.15) is 0 Å². The fourth-order valence-corrected chi connectivity index (χ4v) is 2.28. The van der Waals surface area contributed by atoms with Crippen molar-refractivity contribution in [3.05, 3.63) is 0 Å². The second kappa shape index (κ2) is 6.21. The fourth-order valence-electron chi connectivity index (χ4n) is 2.28. The van der Waals surface area contributed by atoms with E-state index in [4.69, 9.17) is 5.11 Å². The molecule has 2 amide bonds. The maximum atomic E-state index is 11.8. The summed E-state index contributed by atoms with van der Waals surface area (Å²) in [6.07, 6.45) is 2.01. The summed E-state index contributed by atoms with van der Waals surface area (Å²) in [5.74, 6) is -0.536. The predicted molar refractivity (Wildman–Crippen MR) is 69.5 cm³/mol. The van der Waals surface area contributed by atoms with Gasteiger partial charge in [-0.25, -0.2) is 9.80 Å². The molecule has 108 valence electrons. The van der Waals surface area contributed by atoms with Crippen LogP contribution in [-0.2, 0) is 4.79 Å². The Hall–Kier alpha value is -1.34. The molecular formula is C12H22N4O3. The van der Waals surface area contributed by atoms with Crippen LogP contribution in [0.3, 0.4) is 0 Å². The van der Waals surface area contributed by atoms with Crippen molar-refractivity contribution in [2.24, 2.45) is 5.92 Å². The molecule has 1 aliphatic heterocycles. The molecule has 0 radical (unpaired) electrons. The van der Waals surface area contributed by atoms with E-state index in [1.807, 2.05) is 12.1 Å². The zero-order valence-corrected chi connectivity index (χ0v) is 11.3. The Balaban J connectivity index is 1.74. The van der Waals surface area contributed by atoms with E-state index in [2.05, 4.69) is 15.6 Å². The lowest BCUT2D eigenvalue weighted by Gasteiger charge is -2.32. The number of aliphatic carboxylic acids is 1. The van der Waals surface area contributed by atoms with Crippen molar-refractivity contribution >= 4 is 12.0 Å². The Kier molecular flexibility index (Phi) is 4.60. The molecule has 19 heavy (non-hydrogen) atoms. The highest BCUT2D eigenvalue weighted by atomic mass is 16.4. The predicted octanol–water partition coefficient (Wildman–Crippen LogP) is -0.299. The molecule has 2 aliphatic rings. The molecule has 2 fully saturated rings. The first kappa shape index (κ1) is 14.1. The Morgan fingerprint density at radius 3 is 2.42 bits per heavy atom. The van der Waals surface area contributed by atoms with Crippen molar-refractivity contribution in [2.45, 2.75) is 25.3 Å². The summed E-state index contributed by atoms with van der Waals surface area (Å²) in [5, 5.41) is 13.5. The fraction of sp³-hybridized carbons (Fsp3) is 0.833. The minimum Gasteiger partial charge on any atom is -0.481 e. The topological polar surface area (TPSA) is 84.9 Å². The van der Waals surface area contributed by atoms with Gasteiger partial charge in [-0.1, -0.05) is 0 Å². The number of likely N-dealkylation sites (N-methyl/N-ethyl adjacent to an activating group) is 1. The summed E-state index contributed by atoms with van der Waals surface area (Å²) in [5.41, 5.74) is 2.79. The number of carboxylic acids is 1. The van der Waals surface area contributed by atoms with Crippen LogP contribution in [0, 0.1) is 5.92 Å². The van der Waals surface area contributed by atoms with Crippen LogP contribution in [0.5, 0.6) is 0 Å². The minimum atomic E-state index is -0.864. The molecule has 0 spiro atoms. The van der Waals surface area contributed by atoms with E-state index in [0.29, 0.717) is 5.92 Å². The van der Waals surface area contributed by atoms with E-state index in [1.165, 1.54) is 0 Å². The quantitative estimate of drug-likeness (QED) is 0.639. The van der Waals surface area contributed by atoms with Crippen LogP contribution < -0.4 is 10.7 Å². The van der Waals surface area contributed by atoms with Crippen LogP contribution in [0.4, 0.5) is 4.79 Å². The van der Waals surface area contributed by atoms with Gasteiger partial charge in [0.25, 0.3) is 0 Å². The first-order valence-electron chi connectivity index (χ1n) is 6.77. The highest BCUT2D eigenvalue weighted by Gasteiger charge is 2.34. The first-order chi connectivity index (χ1) is 9.04. The third-order valence-electron chi connectivity index (χ3n) is 3.67. The highest BCUT2D eigenvalue weighted by molar-refractivity contribution is 5.75. The van der Waals surface area contributed by atoms with Gasteiger partial charge < -0.3 is 15.3 Å². The lowest BCUT2D eigenvalue weighted by atomic mass is 10.1. The third kappa shape index (κ3) is 4.68. The van der Waals surface area contributed by atoms with Crippen molar-refractivity contribution in [3.63, 3.8) is 0 Å². The first-order valence-corrected chi connectivity index (χ1v) is 6.77. The van der Waals surface area contributed by atoms with Gasteiger partial charge >= 0.3 is 12.0 Å². The number of carbonyl (C=O) groups is 2. The van der Waals surface area contributed by atoms with Crippen LogP contribution in [0.15, 0.2) is 0 Å². The summed E-state index contributed by atoms with van der Waals surface area (Å²) >= 11 is 0. The van der Waals surface area contributed by atoms with E-state index < -0.39 is 5.97 Å². The average molecular weight is 270 g/mol. The van der Waals surface area contributed by atoms with Gasteiger partial charge in [0.05, 0.1) is 6.42 Å². The second-order valence-electron chi connectivity index (χ2n) is 5.42. The smallest absolute Gasteiger partial charge is 0.329 e. The van der Waals surface area contributed by atoms with Crippen molar-refractivity contribution in [1.82, 2.24) is 20.7 Å². The molecular weight excluding hydrogens is 248 g/mol. The van der Waals surface area contributed by atoms with Crippen molar-refractivity contribution < 1.29 is 14.7 Å². The molecule has 2 rings (SSSR count). The molecule has 1 aliphatic carbocycles. The zero-order valence-electron chi connectivity index (χ0n) is 11.3. The Bertz CT molecular complexity index is 338. The van der Waals surface area contributed by atoms with Crippen LogP contribution >= 0.6 is 0 Å². The van der Waals surface area contributed by atoms with Crippen molar-refractivity contribution in [3.8, 4) is 0 Å². The molecule has 1 atom stereocenters. The maximum absolute atomic E-state index is 11.8. The van der Waals surface area contributed by atoms with E-state index >= 15 is 0 Å². The van der Waals surface area contributed by atoms with Gasteiger partial charge in [0.15, 0.2) is 0 Å². The van der Waals surface area contributed by atoms with Crippen LogP contribution in [-0.4, -0.2) is 66.3 Å². The average Bonchev–Trinajstić information content (AvgIpc) is 3.14. The summed E-state index contributed by atoms with van der Waals surface area (Å²) in [4.78, 5) is 24.8. The molecule has 1 saturated heterocycles. The van der Waals surface area contributed by atoms with Crippen molar-refractivity contribution in [2.75, 3.05) is 33.2 Å². The van der Waals surface area contributed by atoms with Crippen LogP contribution in [0.1, 0.15) is 19.3 Å². The van der Waals surface area contributed by atoms with E-state index in [0.717, 1.165) is 39.0 Å². The number of urea groups is 1. The number of rotatable bonds is 5. The number of carboxylic acid groups (broad SMARTS) is 1. The number of carbonyl (C=O) groups excluding carboxylic acids is 1. The number of amides is 2. The number of piperazine rings is 1. The van der Waals surface area contributed by atoms with Crippen molar-refractivity contribution in [1.29, 1.82) is 0 Å². The molecule has 0 aromatic heterocycles. The van der Waals surface area contributed by atoms with E-state index in [-0.39, 0.29) is 18.5 Å². The summed E-state index contributed by atoms with van der Waals surface area (Å²) < 4.78 is 0. The maximum Gasteiger partial charge on any atom is 0.329 e. The summed E-state index contributed by atoms with van der Waals surface area (Å²) in [6, 6.07) is -0.535. The molecule has 1 heterocycles. The Morgan fingerprint density at radius 1 is 1.26 bits per heavy atom. The lowest BCUT2D eigenvalue weighted by Crippen LogP contribution is -2.56. The molecule has 1 unspecified atom stereocenters. The van der Waals surface area contributed by atoms with Crippen LogP contribution in [0.2, 0.25) is 0 Å². The largest absolute Gasteiger partial charge is 0.481 e. The highest BCUT2D eigenvalue weighted by Crippen LogP contribution is 2.33. The summed E-state index contributed by atoms with van der Waals surface area (Å²) in [7, 11) is 2.05. The molecule has 1 saturated carbocycles. The van der Waals surface area contributed by atoms with Gasteiger partial charge in [-0.05, 0) is 25.8 Å². The number of nitrogens with zero attached hydrogens (tertiary/aromatic N) is 2. The Morgan fingerprint density at radius 2 is 1.89 bits per heavy atom. The minimum absolute atomic E-state index is 0.000818. The molecule has 7 nitrogen and oxygen atoms in total. The normalized spacial score (nSPS) is 22.8. The number of nitrogens with one attached hydrogen (secondary N) is 2. The van der Waals surface area contributed by atoms with Crippen LogP contribution in [0.25, 0.3) is 0 Å².